The number of benzene rings is 1. The maximum absolute atomic E-state index is 12.1. The minimum Gasteiger partial charge on any atom is -0.494 e. The molecule has 2 rings (SSSR count). The topological polar surface area (TPSA) is 41.6 Å². The van der Waals surface area contributed by atoms with E-state index >= 15 is 0 Å². The zero-order valence-corrected chi connectivity index (χ0v) is 13.3. The van der Waals surface area contributed by atoms with E-state index in [0.717, 1.165) is 38.4 Å². The summed E-state index contributed by atoms with van der Waals surface area (Å²) in [6, 6.07) is 8.15. The number of rotatable bonds is 6. The fourth-order valence-electron chi connectivity index (χ4n) is 2.82. The van der Waals surface area contributed by atoms with E-state index in [1.165, 1.54) is 5.56 Å². The van der Waals surface area contributed by atoms with Crippen molar-refractivity contribution >= 4 is 5.91 Å². The van der Waals surface area contributed by atoms with Gasteiger partial charge in [0.1, 0.15) is 5.75 Å². The molecule has 0 bridgehead atoms. The third-order valence-corrected chi connectivity index (χ3v) is 3.75. The van der Waals surface area contributed by atoms with Crippen LogP contribution in [0.2, 0.25) is 0 Å². The van der Waals surface area contributed by atoms with Crippen LogP contribution in [0, 0.1) is 5.92 Å². The van der Waals surface area contributed by atoms with Crippen molar-refractivity contribution in [3.8, 4) is 5.75 Å². The molecule has 21 heavy (non-hydrogen) atoms. The Hall–Kier alpha value is -1.55. The molecule has 0 aliphatic carbocycles. The Kier molecular flexibility index (Phi) is 5.62. The standard InChI is InChI=1S/C17H26N2O2/c1-4-10-21-15-7-5-6-14(11-15)12-19-9-8-18-17(20)16(19)13(2)3/h5-7,11,13,16H,4,8-10,12H2,1-3H3,(H,18,20)/t16-/m1/s1. The summed E-state index contributed by atoms with van der Waals surface area (Å²) in [5.74, 6) is 1.37. The quantitative estimate of drug-likeness (QED) is 0.875. The Morgan fingerprint density at radius 1 is 1.43 bits per heavy atom. The smallest absolute Gasteiger partial charge is 0.237 e. The molecule has 116 valence electrons. The molecule has 1 saturated heterocycles. The second kappa shape index (κ2) is 7.46. The lowest BCUT2D eigenvalue weighted by molar-refractivity contribution is -0.131. The second-order valence-electron chi connectivity index (χ2n) is 5.95. The van der Waals surface area contributed by atoms with Gasteiger partial charge in [-0.2, -0.15) is 0 Å². The molecule has 0 spiro atoms. The largest absolute Gasteiger partial charge is 0.494 e. The minimum atomic E-state index is -0.0426. The molecular formula is C17H26N2O2. The number of amides is 1. The molecule has 4 nitrogen and oxygen atoms in total. The predicted molar refractivity (Wildman–Crippen MR) is 84.3 cm³/mol. The average molecular weight is 290 g/mol. The highest BCUT2D eigenvalue weighted by molar-refractivity contribution is 5.82. The molecule has 1 aromatic rings. The van der Waals surface area contributed by atoms with Gasteiger partial charge in [-0.05, 0) is 30.0 Å². The molecule has 0 saturated carbocycles. The van der Waals surface area contributed by atoms with Gasteiger partial charge in [-0.15, -0.1) is 0 Å². The van der Waals surface area contributed by atoms with E-state index in [-0.39, 0.29) is 11.9 Å². The Morgan fingerprint density at radius 2 is 2.24 bits per heavy atom. The van der Waals surface area contributed by atoms with Gasteiger partial charge in [0.05, 0.1) is 12.6 Å². The van der Waals surface area contributed by atoms with Crippen LogP contribution in [0.25, 0.3) is 0 Å². The van der Waals surface area contributed by atoms with E-state index < -0.39 is 0 Å². The number of nitrogens with one attached hydrogen (secondary N) is 1. The van der Waals surface area contributed by atoms with Crippen LogP contribution in [-0.4, -0.2) is 36.5 Å². The van der Waals surface area contributed by atoms with Crippen LogP contribution in [0.5, 0.6) is 5.75 Å². The lowest BCUT2D eigenvalue weighted by Crippen LogP contribution is -2.56. The predicted octanol–water partition coefficient (Wildman–Crippen LogP) is 2.43. The second-order valence-corrected chi connectivity index (χ2v) is 5.95. The average Bonchev–Trinajstić information content (AvgIpc) is 2.45. The lowest BCUT2D eigenvalue weighted by Gasteiger charge is -2.37. The van der Waals surface area contributed by atoms with Crippen LogP contribution in [0.4, 0.5) is 0 Å². The number of hydrogen-bond donors (Lipinski definition) is 1. The third kappa shape index (κ3) is 4.21. The molecule has 4 heteroatoms. The van der Waals surface area contributed by atoms with Gasteiger partial charge in [0.25, 0.3) is 0 Å². The summed E-state index contributed by atoms with van der Waals surface area (Å²) in [4.78, 5) is 14.3. The normalized spacial score (nSPS) is 19.6. The first kappa shape index (κ1) is 15.8. The summed E-state index contributed by atoms with van der Waals surface area (Å²) in [7, 11) is 0. The molecule has 1 fully saturated rings. The molecule has 1 N–H and O–H groups in total. The fraction of sp³-hybridized carbons (Fsp3) is 0.588. The SMILES string of the molecule is CCCOc1cccc(CN2CCNC(=O)[C@H]2C(C)C)c1. The van der Waals surface area contributed by atoms with Crippen molar-refractivity contribution in [1.29, 1.82) is 0 Å². The Labute approximate surface area is 127 Å². The van der Waals surface area contributed by atoms with Crippen molar-refractivity contribution in [3.05, 3.63) is 29.8 Å². The van der Waals surface area contributed by atoms with E-state index in [1.807, 2.05) is 12.1 Å². The van der Waals surface area contributed by atoms with Crippen molar-refractivity contribution in [2.75, 3.05) is 19.7 Å². The van der Waals surface area contributed by atoms with Crippen LogP contribution in [0.3, 0.4) is 0 Å². The molecular weight excluding hydrogens is 264 g/mol. The van der Waals surface area contributed by atoms with Gasteiger partial charge in [-0.25, -0.2) is 0 Å². The van der Waals surface area contributed by atoms with Crippen molar-refractivity contribution < 1.29 is 9.53 Å². The van der Waals surface area contributed by atoms with Gasteiger partial charge in [0, 0.05) is 19.6 Å². The first-order chi connectivity index (χ1) is 10.1. The van der Waals surface area contributed by atoms with Gasteiger partial charge < -0.3 is 10.1 Å². The Bertz CT molecular complexity index is 474. The first-order valence-corrected chi connectivity index (χ1v) is 7.85. The molecule has 1 atom stereocenters. The van der Waals surface area contributed by atoms with Gasteiger partial charge in [0.15, 0.2) is 0 Å². The molecule has 0 aromatic heterocycles. The van der Waals surface area contributed by atoms with Gasteiger partial charge in [-0.3, -0.25) is 9.69 Å². The summed E-state index contributed by atoms with van der Waals surface area (Å²) < 4.78 is 5.68. The van der Waals surface area contributed by atoms with Crippen molar-refractivity contribution in [3.63, 3.8) is 0 Å². The fourth-order valence-corrected chi connectivity index (χ4v) is 2.82. The number of hydrogen-bond acceptors (Lipinski definition) is 3. The van der Waals surface area contributed by atoms with Gasteiger partial charge >= 0.3 is 0 Å². The monoisotopic (exact) mass is 290 g/mol. The highest BCUT2D eigenvalue weighted by Crippen LogP contribution is 2.20. The highest BCUT2D eigenvalue weighted by atomic mass is 16.5. The summed E-state index contributed by atoms with van der Waals surface area (Å²) in [5, 5.41) is 2.96. The summed E-state index contributed by atoms with van der Waals surface area (Å²) in [6.45, 7) is 9.46. The molecule has 0 unspecified atom stereocenters. The number of ether oxygens (including phenoxy) is 1. The van der Waals surface area contributed by atoms with Crippen LogP contribution in [0.15, 0.2) is 24.3 Å². The van der Waals surface area contributed by atoms with E-state index in [0.29, 0.717) is 5.92 Å². The molecule has 1 aliphatic rings. The maximum atomic E-state index is 12.1. The zero-order valence-electron chi connectivity index (χ0n) is 13.3. The number of carbonyl (C=O) groups excluding carboxylic acids is 1. The molecule has 1 aliphatic heterocycles. The highest BCUT2D eigenvalue weighted by Gasteiger charge is 2.31. The number of piperazine rings is 1. The summed E-state index contributed by atoms with van der Waals surface area (Å²) in [5.41, 5.74) is 1.20. The van der Waals surface area contributed by atoms with Crippen LogP contribution in [0.1, 0.15) is 32.8 Å². The van der Waals surface area contributed by atoms with E-state index in [1.54, 1.807) is 0 Å². The van der Waals surface area contributed by atoms with E-state index in [9.17, 15) is 4.79 Å². The van der Waals surface area contributed by atoms with Gasteiger partial charge in [-0.1, -0.05) is 32.9 Å². The molecule has 1 aromatic carbocycles. The Balaban J connectivity index is 2.07. The minimum absolute atomic E-state index is 0.0426. The van der Waals surface area contributed by atoms with Crippen molar-refractivity contribution in [2.24, 2.45) is 5.92 Å². The first-order valence-electron chi connectivity index (χ1n) is 7.85. The summed E-state index contributed by atoms with van der Waals surface area (Å²) >= 11 is 0. The molecule has 0 radical (unpaired) electrons. The number of carbonyl (C=O) groups is 1. The van der Waals surface area contributed by atoms with Crippen molar-refractivity contribution in [1.82, 2.24) is 10.2 Å². The van der Waals surface area contributed by atoms with Crippen molar-refractivity contribution in [2.45, 2.75) is 39.8 Å². The third-order valence-electron chi connectivity index (χ3n) is 3.75. The molecule has 1 heterocycles. The molecule has 1 amide bonds. The summed E-state index contributed by atoms with van der Waals surface area (Å²) in [6.07, 6.45) is 1.01. The maximum Gasteiger partial charge on any atom is 0.237 e. The van der Waals surface area contributed by atoms with Crippen LogP contribution >= 0.6 is 0 Å². The lowest BCUT2D eigenvalue weighted by atomic mass is 9.99. The van der Waals surface area contributed by atoms with Gasteiger partial charge in [0.2, 0.25) is 5.91 Å². The van der Waals surface area contributed by atoms with Crippen LogP contribution < -0.4 is 10.1 Å². The number of nitrogens with zero attached hydrogens (tertiary/aromatic N) is 1. The van der Waals surface area contributed by atoms with Crippen LogP contribution in [-0.2, 0) is 11.3 Å². The zero-order chi connectivity index (χ0) is 15.2. The van der Waals surface area contributed by atoms with E-state index in [2.05, 4.69) is 43.1 Å². The Morgan fingerprint density at radius 3 is 2.95 bits per heavy atom. The van der Waals surface area contributed by atoms with E-state index in [4.69, 9.17) is 4.74 Å².